The zero-order valence-corrected chi connectivity index (χ0v) is 28.6. The van der Waals surface area contributed by atoms with Gasteiger partial charge in [-0.1, -0.05) is 153 Å². The molecule has 0 saturated heterocycles. The van der Waals surface area contributed by atoms with E-state index in [0.717, 1.165) is 44.4 Å². The Labute approximate surface area is 297 Å². The normalized spacial score (nSPS) is 13.1. The van der Waals surface area contributed by atoms with Crippen LogP contribution < -0.4 is 4.90 Å². The van der Waals surface area contributed by atoms with E-state index in [1.165, 1.54) is 49.8 Å². The first-order chi connectivity index (χ1) is 25.1. The highest BCUT2D eigenvalue weighted by molar-refractivity contribution is 6.14. The minimum Gasteiger partial charge on any atom is -0.456 e. The molecule has 1 aliphatic carbocycles. The van der Waals surface area contributed by atoms with Gasteiger partial charge in [0.1, 0.15) is 11.2 Å². The number of para-hydroxylation sites is 2. The Morgan fingerprint density at radius 2 is 1.02 bits per heavy atom. The predicted octanol–water partition coefficient (Wildman–Crippen LogP) is 13.8. The van der Waals surface area contributed by atoms with E-state index < -0.39 is 0 Å². The highest BCUT2D eigenvalue weighted by Crippen LogP contribution is 2.55. The van der Waals surface area contributed by atoms with Gasteiger partial charge in [-0.25, -0.2) is 0 Å². The molecule has 0 bridgehead atoms. The van der Waals surface area contributed by atoms with Crippen molar-refractivity contribution in [1.29, 1.82) is 0 Å². The fraction of sp³-hybridized carbons (Fsp3) is 0.0612. The summed E-state index contributed by atoms with van der Waals surface area (Å²) in [6.07, 6.45) is 0. The van der Waals surface area contributed by atoms with E-state index in [1.54, 1.807) is 0 Å². The lowest BCUT2D eigenvalue weighted by atomic mass is 9.82. The van der Waals surface area contributed by atoms with Gasteiger partial charge in [0.25, 0.3) is 0 Å². The third kappa shape index (κ3) is 4.50. The summed E-state index contributed by atoms with van der Waals surface area (Å²) in [5.41, 5.74) is 15.1. The second-order valence-electron chi connectivity index (χ2n) is 14.1. The lowest BCUT2D eigenvalue weighted by molar-refractivity contribution is 0.660. The molecule has 0 atom stereocenters. The molecular formula is C49H35NO. The molecular weight excluding hydrogens is 619 g/mol. The maximum atomic E-state index is 6.38. The van der Waals surface area contributed by atoms with Gasteiger partial charge in [0.2, 0.25) is 0 Å². The Morgan fingerprint density at radius 1 is 0.431 bits per heavy atom. The van der Waals surface area contributed by atoms with Gasteiger partial charge in [0.05, 0.1) is 11.4 Å². The van der Waals surface area contributed by atoms with Gasteiger partial charge in [0.15, 0.2) is 0 Å². The van der Waals surface area contributed by atoms with Crippen molar-refractivity contribution in [2.45, 2.75) is 19.3 Å². The van der Waals surface area contributed by atoms with Crippen molar-refractivity contribution in [3.05, 3.63) is 187 Å². The van der Waals surface area contributed by atoms with E-state index >= 15 is 0 Å². The van der Waals surface area contributed by atoms with Crippen molar-refractivity contribution in [2.24, 2.45) is 0 Å². The molecule has 0 spiro atoms. The van der Waals surface area contributed by atoms with Crippen molar-refractivity contribution >= 4 is 49.8 Å². The molecule has 9 aromatic rings. The average Bonchev–Trinajstić information content (AvgIpc) is 3.68. The second kappa shape index (κ2) is 11.3. The van der Waals surface area contributed by atoms with Crippen LogP contribution >= 0.6 is 0 Å². The molecule has 0 fully saturated rings. The Balaban J connectivity index is 1.23. The number of fused-ring (bicyclic) bond motifs is 7. The molecule has 8 aromatic carbocycles. The summed E-state index contributed by atoms with van der Waals surface area (Å²) in [6, 6.07) is 63.7. The molecule has 0 amide bonds. The molecule has 242 valence electrons. The molecule has 1 heterocycles. The number of hydrogen-bond donors (Lipinski definition) is 0. The van der Waals surface area contributed by atoms with Crippen LogP contribution in [0.3, 0.4) is 0 Å². The van der Waals surface area contributed by atoms with E-state index in [1.807, 2.05) is 6.07 Å². The summed E-state index contributed by atoms with van der Waals surface area (Å²) in [7, 11) is 0. The summed E-state index contributed by atoms with van der Waals surface area (Å²) < 4.78 is 6.38. The van der Waals surface area contributed by atoms with E-state index in [-0.39, 0.29) is 5.41 Å². The van der Waals surface area contributed by atoms with E-state index in [9.17, 15) is 0 Å². The fourth-order valence-corrected chi connectivity index (χ4v) is 8.49. The first kappa shape index (κ1) is 29.5. The van der Waals surface area contributed by atoms with Gasteiger partial charge >= 0.3 is 0 Å². The van der Waals surface area contributed by atoms with Crippen LogP contribution in [0.1, 0.15) is 25.0 Å². The predicted molar refractivity (Wildman–Crippen MR) is 214 cm³/mol. The fourth-order valence-electron chi connectivity index (χ4n) is 8.49. The standard InChI is InChI=1S/C49H35NO/c1-49(2)41-22-8-5-18-39(41)48-42(49)23-13-25-44(48)50(34-30-28-33(29-31-34)36-20-11-15-32-14-3-4-16-35(32)36)43-24-9-6-17-37(43)38-21-12-27-46-47(38)40-19-7-10-26-45(40)51-46/h3-31H,1-2H3. The smallest absolute Gasteiger partial charge is 0.136 e. The highest BCUT2D eigenvalue weighted by atomic mass is 16.3. The van der Waals surface area contributed by atoms with Gasteiger partial charge < -0.3 is 9.32 Å². The molecule has 2 nitrogen and oxygen atoms in total. The molecule has 1 aliphatic rings. The molecule has 0 aliphatic heterocycles. The Hall–Kier alpha value is -6.38. The quantitative estimate of drug-likeness (QED) is 0.184. The number of anilines is 3. The van der Waals surface area contributed by atoms with Gasteiger partial charge in [-0.05, 0) is 80.6 Å². The highest BCUT2D eigenvalue weighted by Gasteiger charge is 2.38. The van der Waals surface area contributed by atoms with Crippen molar-refractivity contribution < 1.29 is 4.42 Å². The van der Waals surface area contributed by atoms with Crippen molar-refractivity contribution in [1.82, 2.24) is 0 Å². The van der Waals surface area contributed by atoms with Crippen LogP contribution in [0.25, 0.3) is 66.1 Å². The van der Waals surface area contributed by atoms with Gasteiger partial charge in [0, 0.05) is 33.0 Å². The number of furan rings is 1. The molecule has 0 radical (unpaired) electrons. The second-order valence-corrected chi connectivity index (χ2v) is 14.1. The van der Waals surface area contributed by atoms with Crippen LogP contribution in [-0.4, -0.2) is 0 Å². The topological polar surface area (TPSA) is 16.4 Å². The molecule has 10 rings (SSSR count). The summed E-state index contributed by atoms with van der Waals surface area (Å²) in [4.78, 5) is 2.47. The summed E-state index contributed by atoms with van der Waals surface area (Å²) in [5.74, 6) is 0. The summed E-state index contributed by atoms with van der Waals surface area (Å²) in [6.45, 7) is 4.70. The molecule has 2 heteroatoms. The molecule has 0 N–H and O–H groups in total. The van der Waals surface area contributed by atoms with Crippen molar-refractivity contribution in [2.75, 3.05) is 4.90 Å². The number of hydrogen-bond acceptors (Lipinski definition) is 2. The van der Waals surface area contributed by atoms with Crippen molar-refractivity contribution in [3.63, 3.8) is 0 Å². The Morgan fingerprint density at radius 3 is 1.90 bits per heavy atom. The Kier molecular flexibility index (Phi) is 6.56. The van der Waals surface area contributed by atoms with Crippen LogP contribution in [0, 0.1) is 0 Å². The lowest BCUT2D eigenvalue weighted by Crippen LogP contribution is -2.16. The van der Waals surface area contributed by atoms with Crippen molar-refractivity contribution in [3.8, 4) is 33.4 Å². The van der Waals surface area contributed by atoms with Crippen LogP contribution in [0.2, 0.25) is 0 Å². The zero-order chi connectivity index (χ0) is 34.1. The van der Waals surface area contributed by atoms with E-state index in [4.69, 9.17) is 4.42 Å². The first-order valence-corrected chi connectivity index (χ1v) is 17.7. The van der Waals surface area contributed by atoms with Crippen LogP contribution in [0.15, 0.2) is 180 Å². The first-order valence-electron chi connectivity index (χ1n) is 17.7. The van der Waals surface area contributed by atoms with E-state index in [2.05, 4.69) is 189 Å². The molecule has 0 saturated carbocycles. The number of rotatable bonds is 5. The number of benzene rings is 8. The van der Waals surface area contributed by atoms with Crippen LogP contribution in [-0.2, 0) is 5.41 Å². The number of nitrogens with zero attached hydrogens (tertiary/aromatic N) is 1. The SMILES string of the molecule is CC1(C)c2ccccc2-c2c(N(c3ccc(-c4cccc5ccccc45)cc3)c3ccccc3-c3cccc4oc5ccccc5c34)cccc21. The molecule has 51 heavy (non-hydrogen) atoms. The zero-order valence-electron chi connectivity index (χ0n) is 28.6. The van der Waals surface area contributed by atoms with Gasteiger partial charge in [-0.3, -0.25) is 0 Å². The van der Waals surface area contributed by atoms with Gasteiger partial charge in [-0.15, -0.1) is 0 Å². The maximum Gasteiger partial charge on any atom is 0.136 e. The van der Waals surface area contributed by atoms with Crippen LogP contribution in [0.5, 0.6) is 0 Å². The van der Waals surface area contributed by atoms with E-state index in [0.29, 0.717) is 0 Å². The minimum atomic E-state index is -0.118. The third-order valence-corrected chi connectivity index (χ3v) is 10.9. The average molecular weight is 654 g/mol. The van der Waals surface area contributed by atoms with Crippen LogP contribution in [0.4, 0.5) is 17.1 Å². The largest absolute Gasteiger partial charge is 0.456 e. The molecule has 0 unspecified atom stereocenters. The Bertz CT molecular complexity index is 2780. The lowest BCUT2D eigenvalue weighted by Gasteiger charge is -2.31. The summed E-state index contributed by atoms with van der Waals surface area (Å²) in [5, 5.41) is 4.77. The monoisotopic (exact) mass is 653 g/mol. The minimum absolute atomic E-state index is 0.118. The van der Waals surface area contributed by atoms with Gasteiger partial charge in [-0.2, -0.15) is 0 Å². The maximum absolute atomic E-state index is 6.38. The summed E-state index contributed by atoms with van der Waals surface area (Å²) >= 11 is 0. The molecule has 1 aromatic heterocycles. The third-order valence-electron chi connectivity index (χ3n) is 10.9.